The molecule has 0 aromatic carbocycles. The Balaban J connectivity index is -0.000000105. The molecule has 0 aliphatic rings. The summed E-state index contributed by atoms with van der Waals surface area (Å²) < 4.78 is 0. The molecule has 0 aromatic heterocycles. The summed E-state index contributed by atoms with van der Waals surface area (Å²) in [4.78, 5) is 0. The third-order valence-corrected chi connectivity index (χ3v) is 5.41. The van der Waals surface area contributed by atoms with Crippen LogP contribution in [0, 0.1) is 27.7 Å². The summed E-state index contributed by atoms with van der Waals surface area (Å²) in [5.41, 5.74) is 0. The number of hydrogen-bond donors (Lipinski definition) is 0. The number of hydrogen-bond acceptors (Lipinski definition) is 0. The monoisotopic (exact) mass is 500 g/mol. The van der Waals surface area contributed by atoms with Crippen LogP contribution in [0.5, 0.6) is 0 Å². The fraction of sp³-hybridized carbons (Fsp3) is 0.875. The van der Waals surface area contributed by atoms with Gasteiger partial charge in [0.15, 0.2) is 0 Å². The Morgan fingerprint density at radius 1 is 0.273 bits per heavy atom. The Morgan fingerprint density at radius 2 is 0.424 bits per heavy atom. The number of rotatable bonds is 20. The van der Waals surface area contributed by atoms with Crippen molar-refractivity contribution in [2.45, 2.75) is 182 Å². The minimum absolute atomic E-state index is 0. The zero-order chi connectivity index (χ0) is 25.0. The van der Waals surface area contributed by atoms with Crippen molar-refractivity contribution >= 4 is 0 Å². The smallest absolute Gasteiger partial charge is 0.343 e. The first-order valence-corrected chi connectivity index (χ1v) is 14.8. The molecule has 0 saturated heterocycles. The Labute approximate surface area is 230 Å². The average molecular weight is 501 g/mol. The molecule has 200 valence electrons. The quantitative estimate of drug-likeness (QED) is 0.0885. The van der Waals surface area contributed by atoms with Crippen molar-refractivity contribution in [3.05, 3.63) is 27.7 Å². The Bertz CT molecular complexity index is 155. The van der Waals surface area contributed by atoms with Gasteiger partial charge in [0, 0.05) is 0 Å². The van der Waals surface area contributed by atoms with Gasteiger partial charge in [-0.15, -0.1) is 0 Å². The zero-order valence-corrected chi connectivity index (χ0v) is 25.9. The SMILES string of the molecule is [CH2-]CCCCCCC.[CH2-]CCCCCCC.[CH2-]CCCCCCC.[CH2-]CCCCCCC.[Ti+4]. The second kappa shape index (κ2) is 53.9. The zero-order valence-electron chi connectivity index (χ0n) is 24.3. The number of unbranched alkanes of at least 4 members (excludes halogenated alkanes) is 20. The normalized spacial score (nSPS) is 9.45. The van der Waals surface area contributed by atoms with Crippen LogP contribution < -0.4 is 0 Å². The maximum atomic E-state index is 3.78. The van der Waals surface area contributed by atoms with E-state index in [1.165, 1.54) is 128 Å². The molecule has 33 heavy (non-hydrogen) atoms. The van der Waals surface area contributed by atoms with E-state index in [2.05, 4.69) is 55.4 Å². The fourth-order valence-electron chi connectivity index (χ4n) is 3.12. The average Bonchev–Trinajstić information content (AvgIpc) is 2.82. The standard InChI is InChI=1S/4C8H17.Ti/c4*1-3-5-7-8-6-4-2;/h4*1,3-8H2,2H3;/q4*-1;+4. The van der Waals surface area contributed by atoms with Gasteiger partial charge in [-0.05, 0) is 0 Å². The van der Waals surface area contributed by atoms with E-state index in [0.717, 1.165) is 25.7 Å². The first kappa shape index (κ1) is 43.8. The molecule has 0 heterocycles. The molecule has 1 heteroatoms. The molecule has 0 aliphatic carbocycles. The molecular weight excluding hydrogens is 432 g/mol. The van der Waals surface area contributed by atoms with Crippen LogP contribution in [0.4, 0.5) is 0 Å². The molecular formula is C32H68Ti. The van der Waals surface area contributed by atoms with E-state index in [1.807, 2.05) is 0 Å². The van der Waals surface area contributed by atoms with Gasteiger partial charge in [0.25, 0.3) is 0 Å². The van der Waals surface area contributed by atoms with Crippen molar-refractivity contribution in [3.8, 4) is 0 Å². The summed E-state index contributed by atoms with van der Waals surface area (Å²) >= 11 is 0. The first-order chi connectivity index (χ1) is 15.7. The molecule has 0 bridgehead atoms. The predicted molar refractivity (Wildman–Crippen MR) is 155 cm³/mol. The Hall–Kier alpha value is 0.714. The van der Waals surface area contributed by atoms with Crippen molar-refractivity contribution < 1.29 is 21.7 Å². The summed E-state index contributed by atoms with van der Waals surface area (Å²) in [5.74, 6) is 0. The second-order valence-electron chi connectivity index (χ2n) is 9.07. The topological polar surface area (TPSA) is 0 Å². The van der Waals surface area contributed by atoms with E-state index in [9.17, 15) is 0 Å². The molecule has 0 unspecified atom stereocenters. The summed E-state index contributed by atoms with van der Waals surface area (Å²) in [6.45, 7) is 24.1. The summed E-state index contributed by atoms with van der Waals surface area (Å²) in [7, 11) is 0. The van der Waals surface area contributed by atoms with Gasteiger partial charge in [-0.25, -0.2) is 0 Å². The molecule has 0 spiro atoms. The van der Waals surface area contributed by atoms with Gasteiger partial charge in [-0.2, -0.15) is 25.7 Å². The van der Waals surface area contributed by atoms with Crippen molar-refractivity contribution in [1.82, 2.24) is 0 Å². The fourth-order valence-corrected chi connectivity index (χ4v) is 3.12. The van der Waals surface area contributed by atoms with E-state index in [0.29, 0.717) is 0 Å². The minimum atomic E-state index is 0. The van der Waals surface area contributed by atoms with Crippen LogP contribution >= 0.6 is 0 Å². The molecule has 0 N–H and O–H groups in total. The van der Waals surface area contributed by atoms with Gasteiger partial charge in [0.05, 0.1) is 0 Å². The molecule has 0 saturated carbocycles. The van der Waals surface area contributed by atoms with Crippen LogP contribution in [0.1, 0.15) is 182 Å². The third kappa shape index (κ3) is 71.9. The van der Waals surface area contributed by atoms with Crippen LogP contribution in [0.2, 0.25) is 0 Å². The molecule has 0 amide bonds. The first-order valence-electron chi connectivity index (χ1n) is 14.8. The van der Waals surface area contributed by atoms with Gasteiger partial charge in [-0.1, -0.05) is 156 Å². The van der Waals surface area contributed by atoms with E-state index >= 15 is 0 Å². The Morgan fingerprint density at radius 3 is 0.545 bits per heavy atom. The second-order valence-corrected chi connectivity index (χ2v) is 9.07. The van der Waals surface area contributed by atoms with Crippen LogP contribution in [0.15, 0.2) is 0 Å². The van der Waals surface area contributed by atoms with Gasteiger partial charge >= 0.3 is 21.7 Å². The van der Waals surface area contributed by atoms with Crippen molar-refractivity contribution in [1.29, 1.82) is 0 Å². The predicted octanol–water partition coefficient (Wildman–Crippen LogP) is 12.7. The van der Waals surface area contributed by atoms with Gasteiger partial charge in [0.2, 0.25) is 0 Å². The van der Waals surface area contributed by atoms with E-state index in [-0.39, 0.29) is 21.7 Å². The van der Waals surface area contributed by atoms with Crippen LogP contribution in [-0.4, -0.2) is 0 Å². The van der Waals surface area contributed by atoms with E-state index < -0.39 is 0 Å². The molecule has 0 aromatic rings. The maximum absolute atomic E-state index is 3.78. The molecule has 0 fully saturated rings. The summed E-state index contributed by atoms with van der Waals surface area (Å²) in [5, 5.41) is 0. The van der Waals surface area contributed by atoms with Crippen LogP contribution in [-0.2, 0) is 21.7 Å². The third-order valence-electron chi connectivity index (χ3n) is 5.41. The minimum Gasteiger partial charge on any atom is -0.343 e. The van der Waals surface area contributed by atoms with Gasteiger partial charge in [-0.3, -0.25) is 0 Å². The van der Waals surface area contributed by atoms with Crippen LogP contribution in [0.3, 0.4) is 0 Å². The molecule has 0 rings (SSSR count). The van der Waals surface area contributed by atoms with Crippen molar-refractivity contribution in [3.63, 3.8) is 0 Å². The maximum Gasteiger partial charge on any atom is 4.00 e. The molecule has 0 aliphatic heterocycles. The van der Waals surface area contributed by atoms with Crippen LogP contribution in [0.25, 0.3) is 0 Å². The molecule has 0 atom stereocenters. The van der Waals surface area contributed by atoms with Crippen molar-refractivity contribution in [2.75, 3.05) is 0 Å². The van der Waals surface area contributed by atoms with Crippen molar-refractivity contribution in [2.24, 2.45) is 0 Å². The van der Waals surface area contributed by atoms with Gasteiger partial charge in [0.1, 0.15) is 0 Å². The van der Waals surface area contributed by atoms with E-state index in [1.54, 1.807) is 0 Å². The Kier molecular flexibility index (Phi) is 71.4. The summed E-state index contributed by atoms with van der Waals surface area (Å²) in [6.07, 6.45) is 31.9. The summed E-state index contributed by atoms with van der Waals surface area (Å²) in [6, 6.07) is 0. The van der Waals surface area contributed by atoms with Gasteiger partial charge < -0.3 is 27.7 Å². The van der Waals surface area contributed by atoms with E-state index in [4.69, 9.17) is 0 Å². The molecule has 0 radical (unpaired) electrons. The molecule has 0 nitrogen and oxygen atoms in total. The largest absolute Gasteiger partial charge is 4.00 e.